The Morgan fingerprint density at radius 2 is 1.95 bits per heavy atom. The first kappa shape index (κ1) is 13.5. The second-order valence-corrected chi connectivity index (χ2v) is 4.27. The third kappa shape index (κ3) is 2.92. The number of rotatable bonds is 3. The van der Waals surface area contributed by atoms with Crippen molar-refractivity contribution in [1.82, 2.24) is 0 Å². The van der Waals surface area contributed by atoms with Crippen LogP contribution in [0, 0.1) is 5.82 Å². The molecular weight excluding hydrogens is 269 g/mol. The van der Waals surface area contributed by atoms with Crippen LogP contribution < -0.4 is 5.32 Å². The van der Waals surface area contributed by atoms with Crippen molar-refractivity contribution < 1.29 is 14.3 Å². The predicted molar refractivity (Wildman–Crippen MR) is 71.7 cm³/mol. The van der Waals surface area contributed by atoms with Crippen molar-refractivity contribution >= 4 is 23.2 Å². The van der Waals surface area contributed by atoms with E-state index in [1.165, 1.54) is 18.2 Å². The number of anilines is 1. The number of para-hydroxylation sites is 1. The molecule has 2 aromatic carbocycles. The molecule has 0 saturated heterocycles. The van der Waals surface area contributed by atoms with Crippen molar-refractivity contribution in [2.24, 2.45) is 0 Å². The minimum atomic E-state index is -0.688. The van der Waals surface area contributed by atoms with E-state index in [0.29, 0.717) is 11.3 Å². The lowest BCUT2D eigenvalue weighted by atomic mass is 10.1. The van der Waals surface area contributed by atoms with Crippen LogP contribution in [0.15, 0.2) is 42.5 Å². The van der Waals surface area contributed by atoms with Gasteiger partial charge in [-0.3, -0.25) is 4.79 Å². The molecule has 0 aromatic heterocycles. The van der Waals surface area contributed by atoms with E-state index in [4.69, 9.17) is 16.7 Å². The summed E-state index contributed by atoms with van der Waals surface area (Å²) in [5.41, 5.74) is 0.759. The van der Waals surface area contributed by atoms with Crippen LogP contribution >= 0.6 is 11.6 Å². The standard InChI is InChI=1S/C14H11ClFNO2/c15-10-5-3-6-11(16)13(10)14(19)17-12-7-2-1-4-9(12)8-18/h1-7,18H,8H2,(H,17,19). The van der Waals surface area contributed by atoms with Crippen LogP contribution in [0.25, 0.3) is 0 Å². The number of benzene rings is 2. The van der Waals surface area contributed by atoms with Gasteiger partial charge in [-0.2, -0.15) is 0 Å². The van der Waals surface area contributed by atoms with Crippen LogP contribution in [0.2, 0.25) is 5.02 Å². The zero-order valence-corrected chi connectivity index (χ0v) is 10.6. The summed E-state index contributed by atoms with van der Waals surface area (Å²) in [5, 5.41) is 11.7. The summed E-state index contributed by atoms with van der Waals surface area (Å²) in [6.07, 6.45) is 0. The van der Waals surface area contributed by atoms with E-state index in [1.807, 2.05) is 0 Å². The largest absolute Gasteiger partial charge is 0.392 e. The Morgan fingerprint density at radius 1 is 1.21 bits per heavy atom. The van der Waals surface area contributed by atoms with Crippen LogP contribution in [0.1, 0.15) is 15.9 Å². The average molecular weight is 280 g/mol. The van der Waals surface area contributed by atoms with Gasteiger partial charge < -0.3 is 10.4 Å². The van der Waals surface area contributed by atoms with Crippen molar-refractivity contribution in [3.8, 4) is 0 Å². The van der Waals surface area contributed by atoms with Crippen molar-refractivity contribution in [2.75, 3.05) is 5.32 Å². The number of halogens is 2. The zero-order valence-electron chi connectivity index (χ0n) is 9.86. The van der Waals surface area contributed by atoms with Crippen LogP contribution in [-0.4, -0.2) is 11.0 Å². The molecule has 98 valence electrons. The summed E-state index contributed by atoms with van der Waals surface area (Å²) in [6.45, 7) is -0.221. The van der Waals surface area contributed by atoms with E-state index in [0.717, 1.165) is 0 Å². The Balaban J connectivity index is 2.31. The summed E-state index contributed by atoms with van der Waals surface area (Å²) < 4.78 is 13.6. The Morgan fingerprint density at radius 3 is 2.63 bits per heavy atom. The van der Waals surface area contributed by atoms with Crippen LogP contribution in [0.5, 0.6) is 0 Å². The number of aliphatic hydroxyl groups excluding tert-OH is 1. The number of hydrogen-bond donors (Lipinski definition) is 2. The molecule has 0 aliphatic rings. The molecule has 1 amide bonds. The molecule has 0 aliphatic carbocycles. The highest BCUT2D eigenvalue weighted by atomic mass is 35.5. The summed E-state index contributed by atoms with van der Waals surface area (Å²) in [4.78, 5) is 12.0. The average Bonchev–Trinajstić information content (AvgIpc) is 2.39. The number of hydrogen-bond acceptors (Lipinski definition) is 2. The molecule has 2 rings (SSSR count). The van der Waals surface area contributed by atoms with Gasteiger partial charge in [0.15, 0.2) is 0 Å². The second kappa shape index (κ2) is 5.82. The van der Waals surface area contributed by atoms with E-state index in [9.17, 15) is 9.18 Å². The lowest BCUT2D eigenvalue weighted by Gasteiger charge is -2.10. The fourth-order valence-corrected chi connectivity index (χ4v) is 1.93. The highest BCUT2D eigenvalue weighted by Crippen LogP contribution is 2.22. The third-order valence-corrected chi connectivity index (χ3v) is 2.94. The van der Waals surface area contributed by atoms with Gasteiger partial charge in [0.2, 0.25) is 0 Å². The number of aliphatic hydroxyl groups is 1. The normalized spacial score (nSPS) is 10.3. The monoisotopic (exact) mass is 279 g/mol. The van der Waals surface area contributed by atoms with E-state index in [2.05, 4.69) is 5.32 Å². The lowest BCUT2D eigenvalue weighted by molar-refractivity contribution is 0.102. The molecule has 19 heavy (non-hydrogen) atoms. The zero-order chi connectivity index (χ0) is 13.8. The van der Waals surface area contributed by atoms with Gasteiger partial charge in [0.05, 0.1) is 17.2 Å². The minimum absolute atomic E-state index is 0.0407. The molecule has 5 heteroatoms. The van der Waals surface area contributed by atoms with Gasteiger partial charge >= 0.3 is 0 Å². The maximum absolute atomic E-state index is 13.6. The van der Waals surface area contributed by atoms with Crippen LogP contribution in [0.3, 0.4) is 0 Å². The van der Waals surface area contributed by atoms with E-state index in [1.54, 1.807) is 24.3 Å². The van der Waals surface area contributed by atoms with Gasteiger partial charge in [0, 0.05) is 11.3 Å². The maximum atomic E-state index is 13.6. The van der Waals surface area contributed by atoms with Crippen LogP contribution in [0.4, 0.5) is 10.1 Å². The number of carbonyl (C=O) groups is 1. The predicted octanol–water partition coefficient (Wildman–Crippen LogP) is 3.22. The van der Waals surface area contributed by atoms with Gasteiger partial charge in [0.25, 0.3) is 5.91 Å². The van der Waals surface area contributed by atoms with Crippen molar-refractivity contribution in [2.45, 2.75) is 6.61 Å². The first-order valence-electron chi connectivity index (χ1n) is 5.57. The van der Waals surface area contributed by atoms with Crippen molar-refractivity contribution in [3.63, 3.8) is 0 Å². The lowest BCUT2D eigenvalue weighted by Crippen LogP contribution is -2.15. The summed E-state index contributed by atoms with van der Waals surface area (Å²) in [7, 11) is 0. The Bertz CT molecular complexity index is 596. The van der Waals surface area contributed by atoms with Crippen molar-refractivity contribution in [3.05, 3.63) is 64.4 Å². The Kier molecular flexibility index (Phi) is 4.14. The van der Waals surface area contributed by atoms with E-state index >= 15 is 0 Å². The fraction of sp³-hybridized carbons (Fsp3) is 0.0714. The summed E-state index contributed by atoms with van der Waals surface area (Å²) in [5.74, 6) is -1.34. The minimum Gasteiger partial charge on any atom is -0.392 e. The molecule has 0 fully saturated rings. The van der Waals surface area contributed by atoms with Gasteiger partial charge in [-0.05, 0) is 18.2 Å². The molecule has 0 saturated carbocycles. The molecule has 0 atom stereocenters. The number of nitrogens with one attached hydrogen (secondary N) is 1. The molecule has 2 N–H and O–H groups in total. The van der Waals surface area contributed by atoms with Gasteiger partial charge in [0.1, 0.15) is 5.82 Å². The quantitative estimate of drug-likeness (QED) is 0.906. The molecule has 0 bridgehead atoms. The molecular formula is C14H11ClFNO2. The number of amides is 1. The molecule has 0 aliphatic heterocycles. The number of carbonyl (C=O) groups excluding carboxylic acids is 1. The fourth-order valence-electron chi connectivity index (χ4n) is 1.68. The molecule has 0 radical (unpaired) electrons. The van der Waals surface area contributed by atoms with Gasteiger partial charge in [-0.15, -0.1) is 0 Å². The second-order valence-electron chi connectivity index (χ2n) is 3.87. The highest BCUT2D eigenvalue weighted by molar-refractivity contribution is 6.34. The van der Waals surface area contributed by atoms with E-state index in [-0.39, 0.29) is 17.2 Å². The SMILES string of the molecule is O=C(Nc1ccccc1CO)c1c(F)cccc1Cl. The van der Waals surface area contributed by atoms with Gasteiger partial charge in [-0.1, -0.05) is 35.9 Å². The highest BCUT2D eigenvalue weighted by Gasteiger charge is 2.16. The van der Waals surface area contributed by atoms with E-state index < -0.39 is 11.7 Å². The molecule has 3 nitrogen and oxygen atoms in total. The smallest absolute Gasteiger partial charge is 0.260 e. The summed E-state index contributed by atoms with van der Waals surface area (Å²) in [6, 6.07) is 10.8. The van der Waals surface area contributed by atoms with Gasteiger partial charge in [-0.25, -0.2) is 4.39 Å². The maximum Gasteiger partial charge on any atom is 0.260 e. The molecule has 2 aromatic rings. The topological polar surface area (TPSA) is 49.3 Å². The Labute approximate surface area is 114 Å². The van der Waals surface area contributed by atoms with Crippen molar-refractivity contribution in [1.29, 1.82) is 0 Å². The molecule has 0 unspecified atom stereocenters. The first-order chi connectivity index (χ1) is 9.13. The molecule has 0 spiro atoms. The molecule has 0 heterocycles. The summed E-state index contributed by atoms with van der Waals surface area (Å²) >= 11 is 5.81. The third-order valence-electron chi connectivity index (χ3n) is 2.63. The first-order valence-corrected chi connectivity index (χ1v) is 5.95. The van der Waals surface area contributed by atoms with Crippen LogP contribution in [-0.2, 0) is 6.61 Å². The Hall–Kier alpha value is -1.91.